The van der Waals surface area contributed by atoms with Gasteiger partial charge in [0.15, 0.2) is 11.5 Å². The molecule has 2 atom stereocenters. The van der Waals surface area contributed by atoms with Crippen LogP contribution in [0.15, 0.2) is 131 Å². The van der Waals surface area contributed by atoms with Gasteiger partial charge in [-0.2, -0.15) is 0 Å². The molecule has 1 unspecified atom stereocenters. The van der Waals surface area contributed by atoms with Crippen LogP contribution in [-0.4, -0.2) is 85.6 Å². The van der Waals surface area contributed by atoms with Crippen LogP contribution in [0.25, 0.3) is 0 Å². The van der Waals surface area contributed by atoms with Crippen molar-refractivity contribution >= 4 is 55.1 Å². The van der Waals surface area contributed by atoms with E-state index in [-0.39, 0.29) is 26.9 Å². The second kappa shape index (κ2) is 23.1. The zero-order valence-electron chi connectivity index (χ0n) is 36.4. The average molecular weight is 954 g/mol. The van der Waals surface area contributed by atoms with Gasteiger partial charge in [0.25, 0.3) is 20.0 Å². The number of carbonyl (C=O) groups is 4. The predicted octanol–water partition coefficient (Wildman–Crippen LogP) is 5.03. The van der Waals surface area contributed by atoms with Crippen molar-refractivity contribution in [2.24, 2.45) is 11.7 Å². The van der Waals surface area contributed by atoms with Gasteiger partial charge in [0.05, 0.1) is 42.0 Å². The fourth-order valence-corrected chi connectivity index (χ4v) is 8.97. The molecule has 21 heteroatoms. The van der Waals surface area contributed by atoms with Crippen LogP contribution in [0.5, 0.6) is 17.2 Å². The number of rotatable bonds is 20. The van der Waals surface area contributed by atoms with Gasteiger partial charge in [0.2, 0.25) is 17.7 Å². The predicted molar refractivity (Wildman–Crippen MR) is 240 cm³/mol. The van der Waals surface area contributed by atoms with Crippen molar-refractivity contribution in [2.75, 3.05) is 42.5 Å². The number of halogens is 2. The maximum Gasteiger partial charge on any atom is 0.326 e. The van der Waals surface area contributed by atoms with Gasteiger partial charge in [-0.3, -0.25) is 23.0 Å². The summed E-state index contributed by atoms with van der Waals surface area (Å²) in [6, 6.07) is 24.8. The molecule has 5 N–H and O–H groups in total. The van der Waals surface area contributed by atoms with Crippen molar-refractivity contribution in [3.05, 3.63) is 139 Å². The topological polar surface area (TPSA) is 241 Å². The van der Waals surface area contributed by atoms with Gasteiger partial charge in [-0.15, -0.1) is 0 Å². The lowest BCUT2D eigenvalue weighted by atomic mass is 10.1. The first-order valence-electron chi connectivity index (χ1n) is 19.9. The van der Waals surface area contributed by atoms with Crippen LogP contribution in [0, 0.1) is 17.6 Å². The normalized spacial score (nSPS) is 12.1. The smallest absolute Gasteiger partial charge is 0.326 e. The Labute approximate surface area is 381 Å². The molecule has 0 radical (unpaired) electrons. The zero-order chi connectivity index (χ0) is 48.8. The molecule has 0 saturated heterocycles. The SMILES string of the molecule is CCOc1ccc(S(=O)(=O)N(CC(=O)NC(C(N)=O)c2ccccc2)c2ccc(F)cc2)cc1.COc1ccc(S(=O)(=O)N(CC(=O)N[C@H](C(=O)O)C(C)C)c2ccc(F)cc2)cc1OC. The maximum absolute atomic E-state index is 13.5. The number of carboxylic acid groups (broad SMARTS) is 1. The van der Waals surface area contributed by atoms with E-state index < -0.39 is 86.5 Å². The minimum Gasteiger partial charge on any atom is -0.494 e. The Morgan fingerprint density at radius 1 is 0.667 bits per heavy atom. The molecule has 17 nitrogen and oxygen atoms in total. The minimum absolute atomic E-state index is 0.0211. The van der Waals surface area contributed by atoms with Crippen molar-refractivity contribution in [1.82, 2.24) is 10.6 Å². The Bertz CT molecular complexity index is 2680. The van der Waals surface area contributed by atoms with Crippen molar-refractivity contribution in [3.8, 4) is 17.2 Å². The standard InChI is InChI=1S/C24H24FN3O5S.C21H25FN2O7S/c1-2-33-20-12-14-21(15-13-20)34(31,32)28(19-10-8-18(25)9-11-19)16-22(29)27-23(24(26)30)17-6-4-3-5-7-17;1-13(2)20(21(26)27)23-19(25)12-24(15-7-5-14(22)6-8-15)32(28,29)16-9-10-17(30-3)18(11-16)31-4/h3-15,23H,2,16H2,1H3,(H2,26,30)(H,27,29);5-11,13,20H,12H2,1-4H3,(H,23,25)(H,26,27)/t;20-/m.0/s1. The molecule has 0 aliphatic carbocycles. The Morgan fingerprint density at radius 2 is 1.14 bits per heavy atom. The molecule has 0 heterocycles. The first-order chi connectivity index (χ1) is 31.2. The van der Waals surface area contributed by atoms with Crippen molar-refractivity contribution in [3.63, 3.8) is 0 Å². The summed E-state index contributed by atoms with van der Waals surface area (Å²) in [7, 11) is -5.82. The maximum atomic E-state index is 13.5. The first-order valence-corrected chi connectivity index (χ1v) is 22.8. The van der Waals surface area contributed by atoms with E-state index in [1.165, 1.54) is 80.9 Å². The van der Waals surface area contributed by atoms with Crippen LogP contribution < -0.4 is 39.2 Å². The lowest BCUT2D eigenvalue weighted by Crippen LogP contribution is -2.49. The molecule has 5 aromatic rings. The third-order valence-corrected chi connectivity index (χ3v) is 13.0. The first kappa shape index (κ1) is 51.4. The van der Waals surface area contributed by atoms with E-state index in [0.29, 0.717) is 23.7 Å². The van der Waals surface area contributed by atoms with Crippen LogP contribution >= 0.6 is 0 Å². The Balaban J connectivity index is 0.000000289. The fraction of sp³-hybridized carbons (Fsp3) is 0.244. The Kier molecular flexibility index (Phi) is 18.0. The van der Waals surface area contributed by atoms with Gasteiger partial charge >= 0.3 is 5.97 Å². The summed E-state index contributed by atoms with van der Waals surface area (Å²) < 4.78 is 97.8. The molecule has 0 aliphatic rings. The molecule has 0 spiro atoms. The number of amides is 3. The number of carboxylic acids is 1. The van der Waals surface area contributed by atoms with Gasteiger partial charge in [-0.1, -0.05) is 44.2 Å². The second-order valence-electron chi connectivity index (χ2n) is 14.3. The second-order valence-corrected chi connectivity index (χ2v) is 18.1. The molecular weight excluding hydrogens is 905 g/mol. The molecule has 5 aromatic carbocycles. The van der Waals surface area contributed by atoms with E-state index in [2.05, 4.69) is 10.6 Å². The summed E-state index contributed by atoms with van der Waals surface area (Å²) in [5.74, 6) is -4.30. The quantitative estimate of drug-likeness (QED) is 0.0804. The van der Waals surface area contributed by atoms with E-state index in [0.717, 1.165) is 32.9 Å². The van der Waals surface area contributed by atoms with Gasteiger partial charge in [0, 0.05) is 6.07 Å². The number of sulfonamides is 2. The number of aliphatic carboxylic acids is 1. The van der Waals surface area contributed by atoms with Crippen LogP contribution in [0.2, 0.25) is 0 Å². The molecule has 0 aliphatic heterocycles. The molecule has 352 valence electrons. The molecule has 0 fully saturated rings. The number of anilines is 2. The highest BCUT2D eigenvalue weighted by atomic mass is 32.2. The third-order valence-electron chi connectivity index (χ3n) is 9.44. The molecule has 66 heavy (non-hydrogen) atoms. The summed E-state index contributed by atoms with van der Waals surface area (Å²) >= 11 is 0. The number of benzene rings is 5. The number of primary amides is 1. The van der Waals surface area contributed by atoms with Gasteiger partial charge in [-0.05, 0) is 103 Å². The van der Waals surface area contributed by atoms with Crippen LogP contribution in [0.1, 0.15) is 32.4 Å². The lowest BCUT2D eigenvalue weighted by molar-refractivity contribution is -0.142. The zero-order valence-corrected chi connectivity index (χ0v) is 38.0. The van der Waals surface area contributed by atoms with Crippen LogP contribution in [0.3, 0.4) is 0 Å². The highest BCUT2D eigenvalue weighted by Crippen LogP contribution is 2.32. The van der Waals surface area contributed by atoms with Gasteiger partial charge < -0.3 is 35.7 Å². The van der Waals surface area contributed by atoms with E-state index in [1.807, 2.05) is 0 Å². The van der Waals surface area contributed by atoms with Gasteiger partial charge in [-0.25, -0.2) is 30.4 Å². The number of nitrogens with zero attached hydrogens (tertiary/aromatic N) is 2. The van der Waals surface area contributed by atoms with E-state index in [4.69, 9.17) is 19.9 Å². The number of nitrogens with one attached hydrogen (secondary N) is 2. The molecule has 0 bridgehead atoms. The van der Waals surface area contributed by atoms with Crippen molar-refractivity contribution < 1.29 is 64.1 Å². The van der Waals surface area contributed by atoms with Crippen LogP contribution in [-0.2, 0) is 39.2 Å². The highest BCUT2D eigenvalue weighted by molar-refractivity contribution is 7.93. The monoisotopic (exact) mass is 953 g/mol. The molecule has 5 rings (SSSR count). The molecule has 3 amide bonds. The number of ether oxygens (including phenoxy) is 3. The molecule has 0 saturated carbocycles. The minimum atomic E-state index is -4.33. The fourth-order valence-electron chi connectivity index (χ4n) is 6.12. The molecule has 0 aromatic heterocycles. The average Bonchev–Trinajstić information content (AvgIpc) is 3.29. The molecular formula is C45H49F2N5O12S2. The summed E-state index contributed by atoms with van der Waals surface area (Å²) in [4.78, 5) is 48.6. The number of hydrogen-bond acceptors (Lipinski definition) is 11. The lowest BCUT2D eigenvalue weighted by Gasteiger charge is -2.26. The summed E-state index contributed by atoms with van der Waals surface area (Å²) in [6.07, 6.45) is 0. The highest BCUT2D eigenvalue weighted by Gasteiger charge is 2.32. The number of carbonyl (C=O) groups excluding carboxylic acids is 3. The van der Waals surface area contributed by atoms with E-state index >= 15 is 0 Å². The van der Waals surface area contributed by atoms with Crippen molar-refractivity contribution in [2.45, 2.75) is 42.6 Å². The number of nitrogens with two attached hydrogens (primary N) is 1. The number of methoxy groups -OCH3 is 2. The number of hydrogen-bond donors (Lipinski definition) is 4. The summed E-state index contributed by atoms with van der Waals surface area (Å²) in [5.41, 5.74) is 5.99. The van der Waals surface area contributed by atoms with Crippen LogP contribution in [0.4, 0.5) is 20.2 Å². The van der Waals surface area contributed by atoms with E-state index in [1.54, 1.807) is 51.1 Å². The largest absolute Gasteiger partial charge is 0.494 e. The van der Waals surface area contributed by atoms with Gasteiger partial charge in [0.1, 0.15) is 42.6 Å². The summed E-state index contributed by atoms with van der Waals surface area (Å²) in [6.45, 7) is 4.04. The Morgan fingerprint density at radius 3 is 1.58 bits per heavy atom. The Hall–Kier alpha value is -7.26. The third kappa shape index (κ3) is 13.4. The van der Waals surface area contributed by atoms with E-state index in [9.17, 15) is 49.9 Å². The van der Waals surface area contributed by atoms with Crippen molar-refractivity contribution in [1.29, 1.82) is 0 Å². The summed E-state index contributed by atoms with van der Waals surface area (Å²) in [5, 5.41) is 14.1.